The van der Waals surface area contributed by atoms with E-state index in [-0.39, 0.29) is 11.7 Å². The van der Waals surface area contributed by atoms with Gasteiger partial charge in [0.15, 0.2) is 0 Å². The van der Waals surface area contributed by atoms with Gasteiger partial charge < -0.3 is 9.42 Å². The molecule has 0 saturated carbocycles. The average molecular weight is 343 g/mol. The summed E-state index contributed by atoms with van der Waals surface area (Å²) in [5.41, 5.74) is 2.24. The molecule has 6 heteroatoms. The summed E-state index contributed by atoms with van der Waals surface area (Å²) >= 11 is 0. The highest BCUT2D eigenvalue weighted by molar-refractivity contribution is 5.79. The lowest BCUT2D eigenvalue weighted by molar-refractivity contribution is -0.133. The Morgan fingerprint density at radius 1 is 1.20 bits per heavy atom. The summed E-state index contributed by atoms with van der Waals surface area (Å²) in [6.45, 7) is 3.63. The smallest absolute Gasteiger partial charge is 0.237 e. The minimum atomic E-state index is -0.303. The van der Waals surface area contributed by atoms with Gasteiger partial charge in [0.25, 0.3) is 0 Å². The molecule has 0 atom stereocenters. The number of benzene rings is 1. The molecule has 4 rings (SSSR count). The number of piperidine rings is 1. The summed E-state index contributed by atoms with van der Waals surface area (Å²) in [5.74, 6) is 0.656. The van der Waals surface area contributed by atoms with Crippen molar-refractivity contribution in [1.82, 2.24) is 15.0 Å². The summed E-state index contributed by atoms with van der Waals surface area (Å²) in [5, 5.41) is 4.13. The maximum atomic E-state index is 13.5. The van der Waals surface area contributed by atoms with Gasteiger partial charge >= 0.3 is 0 Å². The predicted octanol–water partition coefficient (Wildman–Crippen LogP) is 2.85. The van der Waals surface area contributed by atoms with Crippen molar-refractivity contribution in [3.8, 4) is 11.3 Å². The van der Waals surface area contributed by atoms with Crippen LogP contribution >= 0.6 is 0 Å². The SMILES string of the molecule is O=C(CN1CCCCC1)N1CCc2onc(-c3cccc(F)c3)c2C1. The van der Waals surface area contributed by atoms with Crippen LogP contribution in [0.2, 0.25) is 0 Å². The zero-order chi connectivity index (χ0) is 17.2. The lowest BCUT2D eigenvalue weighted by atomic mass is 10.0. The monoisotopic (exact) mass is 343 g/mol. The number of amides is 1. The molecule has 2 aromatic rings. The fourth-order valence-corrected chi connectivity index (χ4v) is 3.69. The van der Waals surface area contributed by atoms with Crippen LogP contribution in [0, 0.1) is 5.82 Å². The van der Waals surface area contributed by atoms with Crippen molar-refractivity contribution in [2.24, 2.45) is 0 Å². The van der Waals surface area contributed by atoms with Crippen molar-refractivity contribution in [3.05, 3.63) is 41.4 Å². The van der Waals surface area contributed by atoms with Crippen LogP contribution in [0.1, 0.15) is 30.6 Å². The molecule has 1 amide bonds. The first-order chi connectivity index (χ1) is 12.2. The Balaban J connectivity index is 1.50. The largest absolute Gasteiger partial charge is 0.360 e. The highest BCUT2D eigenvalue weighted by Crippen LogP contribution is 2.30. The van der Waals surface area contributed by atoms with Gasteiger partial charge in [-0.15, -0.1) is 0 Å². The van der Waals surface area contributed by atoms with E-state index in [1.807, 2.05) is 11.0 Å². The summed E-state index contributed by atoms with van der Waals surface area (Å²) < 4.78 is 19.0. The van der Waals surface area contributed by atoms with Gasteiger partial charge in [-0.05, 0) is 38.1 Å². The lowest BCUT2D eigenvalue weighted by Crippen LogP contribution is -2.44. The number of rotatable bonds is 3. The molecule has 0 aliphatic carbocycles. The van der Waals surface area contributed by atoms with Crippen molar-refractivity contribution in [3.63, 3.8) is 0 Å². The van der Waals surface area contributed by atoms with Gasteiger partial charge in [-0.1, -0.05) is 23.7 Å². The van der Waals surface area contributed by atoms with E-state index in [9.17, 15) is 9.18 Å². The zero-order valence-corrected chi connectivity index (χ0v) is 14.2. The van der Waals surface area contributed by atoms with Crippen LogP contribution < -0.4 is 0 Å². The van der Waals surface area contributed by atoms with Crippen LogP contribution in [0.15, 0.2) is 28.8 Å². The summed E-state index contributed by atoms with van der Waals surface area (Å²) in [6.07, 6.45) is 4.26. The normalized spacial score (nSPS) is 18.2. The third-order valence-corrected chi connectivity index (χ3v) is 5.09. The van der Waals surface area contributed by atoms with Gasteiger partial charge in [-0.25, -0.2) is 4.39 Å². The third-order valence-electron chi connectivity index (χ3n) is 5.09. The number of likely N-dealkylation sites (tertiary alicyclic amines) is 1. The Morgan fingerprint density at radius 3 is 2.84 bits per heavy atom. The minimum Gasteiger partial charge on any atom is -0.360 e. The number of aromatic nitrogens is 1. The van der Waals surface area contributed by atoms with E-state index in [1.165, 1.54) is 31.4 Å². The van der Waals surface area contributed by atoms with E-state index in [1.54, 1.807) is 6.07 Å². The van der Waals surface area contributed by atoms with Crippen LogP contribution in [-0.4, -0.2) is 47.0 Å². The van der Waals surface area contributed by atoms with E-state index in [4.69, 9.17) is 4.52 Å². The van der Waals surface area contributed by atoms with Crippen molar-refractivity contribution >= 4 is 5.91 Å². The first-order valence-electron chi connectivity index (χ1n) is 8.94. The van der Waals surface area contributed by atoms with E-state index in [0.29, 0.717) is 37.3 Å². The van der Waals surface area contributed by atoms with Crippen molar-refractivity contribution in [1.29, 1.82) is 0 Å². The molecule has 1 fully saturated rings. The number of halogens is 1. The molecular formula is C19H22FN3O2. The fourth-order valence-electron chi connectivity index (χ4n) is 3.69. The molecular weight excluding hydrogens is 321 g/mol. The molecule has 5 nitrogen and oxygen atoms in total. The molecule has 3 heterocycles. The molecule has 0 spiro atoms. The Hall–Kier alpha value is -2.21. The van der Waals surface area contributed by atoms with E-state index < -0.39 is 0 Å². The fraction of sp³-hybridized carbons (Fsp3) is 0.474. The Kier molecular flexibility index (Phi) is 4.53. The van der Waals surface area contributed by atoms with Gasteiger partial charge in [0.1, 0.15) is 17.3 Å². The predicted molar refractivity (Wildman–Crippen MR) is 91.3 cm³/mol. The molecule has 2 aliphatic rings. The third kappa shape index (κ3) is 3.44. The minimum absolute atomic E-state index is 0.152. The maximum absolute atomic E-state index is 13.5. The maximum Gasteiger partial charge on any atom is 0.237 e. The van der Waals surface area contributed by atoms with Gasteiger partial charge in [-0.3, -0.25) is 9.69 Å². The number of hydrogen-bond acceptors (Lipinski definition) is 4. The number of nitrogens with zero attached hydrogens (tertiary/aromatic N) is 3. The molecule has 0 radical (unpaired) electrons. The van der Waals surface area contributed by atoms with E-state index >= 15 is 0 Å². The molecule has 0 bridgehead atoms. The highest BCUT2D eigenvalue weighted by atomic mass is 19.1. The van der Waals surface area contributed by atoms with Crippen LogP contribution in [0.4, 0.5) is 4.39 Å². The summed E-state index contributed by atoms with van der Waals surface area (Å²) in [6, 6.07) is 6.33. The van der Waals surface area contributed by atoms with E-state index in [2.05, 4.69) is 10.1 Å². The van der Waals surface area contributed by atoms with Crippen LogP contribution in [0.3, 0.4) is 0 Å². The highest BCUT2D eigenvalue weighted by Gasteiger charge is 2.28. The van der Waals surface area contributed by atoms with Crippen molar-refractivity contribution < 1.29 is 13.7 Å². The number of carbonyl (C=O) groups is 1. The second kappa shape index (κ2) is 6.96. The van der Waals surface area contributed by atoms with Gasteiger partial charge in [-0.2, -0.15) is 0 Å². The summed E-state index contributed by atoms with van der Waals surface area (Å²) in [7, 11) is 0. The Morgan fingerprint density at radius 2 is 2.04 bits per heavy atom. The molecule has 1 saturated heterocycles. The first-order valence-corrected chi connectivity index (χ1v) is 8.94. The van der Waals surface area contributed by atoms with Crippen molar-refractivity contribution in [2.45, 2.75) is 32.2 Å². The van der Waals surface area contributed by atoms with Gasteiger partial charge in [0, 0.05) is 24.1 Å². The topological polar surface area (TPSA) is 49.6 Å². The second-order valence-corrected chi connectivity index (χ2v) is 6.85. The molecule has 0 unspecified atom stereocenters. The molecule has 25 heavy (non-hydrogen) atoms. The number of fused-ring (bicyclic) bond motifs is 1. The quantitative estimate of drug-likeness (QED) is 0.860. The van der Waals surface area contributed by atoms with Gasteiger partial charge in [0.05, 0.1) is 13.1 Å². The van der Waals surface area contributed by atoms with Crippen LogP contribution in [0.25, 0.3) is 11.3 Å². The number of hydrogen-bond donors (Lipinski definition) is 0. The molecule has 0 N–H and O–H groups in total. The van der Waals surface area contributed by atoms with Crippen LogP contribution in [0.5, 0.6) is 0 Å². The molecule has 132 valence electrons. The van der Waals surface area contributed by atoms with E-state index in [0.717, 1.165) is 24.4 Å². The van der Waals surface area contributed by atoms with Crippen molar-refractivity contribution in [2.75, 3.05) is 26.2 Å². The Labute approximate surface area is 146 Å². The molecule has 1 aromatic heterocycles. The molecule has 1 aromatic carbocycles. The standard InChI is InChI=1S/C19H22FN3O2/c20-15-6-4-5-14(11-15)19-16-12-23(10-7-17(16)25-21-19)18(24)13-22-8-2-1-3-9-22/h4-6,11H,1-3,7-10,12-13H2. The Bertz CT molecular complexity index is 768. The summed E-state index contributed by atoms with van der Waals surface area (Å²) in [4.78, 5) is 16.8. The first kappa shape index (κ1) is 16.3. The average Bonchev–Trinajstić information content (AvgIpc) is 3.05. The van der Waals surface area contributed by atoms with Crippen LogP contribution in [-0.2, 0) is 17.8 Å². The lowest BCUT2D eigenvalue weighted by Gasteiger charge is -2.31. The zero-order valence-electron chi connectivity index (χ0n) is 14.2. The molecule has 2 aliphatic heterocycles. The second-order valence-electron chi connectivity index (χ2n) is 6.85. The van der Waals surface area contributed by atoms with Gasteiger partial charge in [0.2, 0.25) is 5.91 Å². The number of carbonyl (C=O) groups excluding carboxylic acids is 1.